The van der Waals surface area contributed by atoms with Crippen molar-refractivity contribution in [2.75, 3.05) is 0 Å². The Bertz CT molecular complexity index is 1850. The van der Waals surface area contributed by atoms with Crippen LogP contribution in [0.4, 0.5) is 0 Å². The van der Waals surface area contributed by atoms with Crippen LogP contribution in [0.3, 0.4) is 0 Å². The molecule has 0 spiro atoms. The van der Waals surface area contributed by atoms with Gasteiger partial charge in [0.2, 0.25) is 5.28 Å². The summed E-state index contributed by atoms with van der Waals surface area (Å²) >= 11 is 6.38. The zero-order chi connectivity index (χ0) is 24.1. The van der Waals surface area contributed by atoms with E-state index < -0.39 is 0 Å². The van der Waals surface area contributed by atoms with Crippen LogP contribution in [-0.4, -0.2) is 19.5 Å². The monoisotopic (exact) mass is 482 g/mol. The predicted molar refractivity (Wildman–Crippen MR) is 148 cm³/mol. The molecular weight excluding hydrogens is 464 g/mol. The zero-order valence-corrected chi connectivity index (χ0v) is 19.9. The summed E-state index contributed by atoms with van der Waals surface area (Å²) in [4.78, 5) is 13.7. The summed E-state index contributed by atoms with van der Waals surface area (Å²) < 4.78 is 2.29. The molecule has 0 radical (unpaired) electrons. The van der Waals surface area contributed by atoms with Gasteiger partial charge in [-0.15, -0.1) is 0 Å². The van der Waals surface area contributed by atoms with Crippen LogP contribution in [0.25, 0.3) is 61.0 Å². The van der Waals surface area contributed by atoms with Gasteiger partial charge in [0.1, 0.15) is 0 Å². The van der Waals surface area contributed by atoms with Gasteiger partial charge < -0.3 is 4.57 Å². The molecule has 170 valence electrons. The summed E-state index contributed by atoms with van der Waals surface area (Å²) in [5, 5.41) is 4.86. The van der Waals surface area contributed by atoms with Gasteiger partial charge in [0.15, 0.2) is 11.6 Å². The Morgan fingerprint density at radius 2 is 1.08 bits per heavy atom. The maximum atomic E-state index is 6.38. The van der Waals surface area contributed by atoms with E-state index >= 15 is 0 Å². The lowest BCUT2D eigenvalue weighted by molar-refractivity contribution is 1.07. The highest BCUT2D eigenvalue weighted by molar-refractivity contribution is 6.28. The smallest absolute Gasteiger partial charge is 0.226 e. The first-order valence-corrected chi connectivity index (χ1v) is 12.1. The molecule has 36 heavy (non-hydrogen) atoms. The van der Waals surface area contributed by atoms with Gasteiger partial charge in [-0.05, 0) is 58.8 Å². The highest BCUT2D eigenvalue weighted by Gasteiger charge is 2.14. The maximum absolute atomic E-state index is 6.38. The molecule has 5 aromatic carbocycles. The first-order chi connectivity index (χ1) is 17.8. The maximum Gasteiger partial charge on any atom is 0.226 e. The number of aromatic nitrogens is 4. The number of benzene rings is 5. The number of hydrogen-bond acceptors (Lipinski definition) is 3. The zero-order valence-electron chi connectivity index (χ0n) is 19.1. The van der Waals surface area contributed by atoms with Crippen LogP contribution >= 0.6 is 11.6 Å². The summed E-state index contributed by atoms with van der Waals surface area (Å²) in [6, 6.07) is 39.6. The molecule has 0 unspecified atom stereocenters. The molecule has 0 fully saturated rings. The molecule has 0 aliphatic heterocycles. The normalized spacial score (nSPS) is 11.5. The molecular formula is C31H19ClN4. The Morgan fingerprint density at radius 3 is 1.81 bits per heavy atom. The van der Waals surface area contributed by atoms with E-state index in [4.69, 9.17) is 16.6 Å². The molecule has 0 saturated heterocycles. The van der Waals surface area contributed by atoms with Crippen molar-refractivity contribution in [1.29, 1.82) is 0 Å². The molecule has 0 aliphatic carbocycles. The first kappa shape index (κ1) is 20.8. The van der Waals surface area contributed by atoms with Crippen LogP contribution in [0.5, 0.6) is 0 Å². The van der Waals surface area contributed by atoms with E-state index in [1.807, 2.05) is 36.4 Å². The fourth-order valence-corrected chi connectivity index (χ4v) is 5.14. The van der Waals surface area contributed by atoms with Crippen molar-refractivity contribution >= 4 is 44.2 Å². The van der Waals surface area contributed by atoms with Crippen LogP contribution in [0.15, 0.2) is 115 Å². The molecule has 0 bridgehead atoms. The fraction of sp³-hybridized carbons (Fsp3) is 0. The number of halogens is 1. The van der Waals surface area contributed by atoms with Crippen molar-refractivity contribution < 1.29 is 0 Å². The minimum Gasteiger partial charge on any atom is -0.309 e. The van der Waals surface area contributed by atoms with Crippen LogP contribution < -0.4 is 0 Å². The number of para-hydroxylation sites is 2. The molecule has 7 aromatic rings. The summed E-state index contributed by atoms with van der Waals surface area (Å²) in [6.45, 7) is 0. The van der Waals surface area contributed by atoms with E-state index in [2.05, 4.69) is 93.4 Å². The lowest BCUT2D eigenvalue weighted by Gasteiger charge is -2.10. The highest BCUT2D eigenvalue weighted by Crippen LogP contribution is 2.33. The molecule has 0 N–H and O–H groups in total. The third kappa shape index (κ3) is 3.35. The second kappa shape index (κ2) is 8.29. The quantitative estimate of drug-likeness (QED) is 0.255. The number of hydrogen-bond donors (Lipinski definition) is 0. The second-order valence-corrected chi connectivity index (χ2v) is 9.03. The molecule has 2 aromatic heterocycles. The van der Waals surface area contributed by atoms with Crippen molar-refractivity contribution in [3.8, 4) is 28.5 Å². The second-order valence-electron chi connectivity index (χ2n) is 8.69. The van der Waals surface area contributed by atoms with Crippen molar-refractivity contribution in [2.45, 2.75) is 0 Å². The van der Waals surface area contributed by atoms with Crippen molar-refractivity contribution in [3.05, 3.63) is 121 Å². The SMILES string of the molecule is Clc1nc(-c2ccc(-n3c4ccccc4c4ccccc43)cc2)nc(-c2cccc3ccccc23)n1. The molecule has 5 heteroatoms. The Morgan fingerprint density at radius 1 is 0.500 bits per heavy atom. The standard InChI is InChI=1S/C31H19ClN4/c32-31-34-29(33-30(35-31)26-13-7-9-20-8-1-2-10-23(20)26)21-16-18-22(19-17-21)36-27-14-5-3-11-24(27)25-12-4-6-15-28(25)36/h1-19H. The predicted octanol–water partition coefficient (Wildman–Crippen LogP) is 8.11. The van der Waals surface area contributed by atoms with E-state index in [0.29, 0.717) is 11.6 Å². The van der Waals surface area contributed by atoms with Gasteiger partial charge in [0.25, 0.3) is 0 Å². The molecule has 0 atom stereocenters. The number of nitrogens with zero attached hydrogens (tertiary/aromatic N) is 4. The van der Waals surface area contributed by atoms with E-state index in [1.165, 1.54) is 21.8 Å². The van der Waals surface area contributed by atoms with Gasteiger partial charge in [0.05, 0.1) is 11.0 Å². The van der Waals surface area contributed by atoms with Gasteiger partial charge >= 0.3 is 0 Å². The fourth-order valence-electron chi connectivity index (χ4n) is 4.98. The Kier molecular flexibility index (Phi) is 4.79. The van der Waals surface area contributed by atoms with Gasteiger partial charge in [-0.25, -0.2) is 4.98 Å². The van der Waals surface area contributed by atoms with Crippen molar-refractivity contribution in [1.82, 2.24) is 19.5 Å². The minimum atomic E-state index is 0.175. The van der Waals surface area contributed by atoms with Gasteiger partial charge in [-0.1, -0.05) is 78.9 Å². The van der Waals surface area contributed by atoms with Gasteiger partial charge in [-0.3, -0.25) is 0 Å². The molecule has 0 amide bonds. The summed E-state index contributed by atoms with van der Waals surface area (Å²) in [7, 11) is 0. The summed E-state index contributed by atoms with van der Waals surface area (Å²) in [5.41, 5.74) is 5.23. The average molecular weight is 483 g/mol. The van der Waals surface area contributed by atoms with E-state index in [-0.39, 0.29) is 5.28 Å². The summed E-state index contributed by atoms with van der Waals surface area (Å²) in [6.07, 6.45) is 0. The van der Waals surface area contributed by atoms with Gasteiger partial charge in [-0.2, -0.15) is 9.97 Å². The lowest BCUT2D eigenvalue weighted by Crippen LogP contribution is -1.98. The molecule has 0 aliphatic rings. The van der Waals surface area contributed by atoms with Crippen molar-refractivity contribution in [3.63, 3.8) is 0 Å². The largest absolute Gasteiger partial charge is 0.309 e. The Hall–Kier alpha value is -4.54. The van der Waals surface area contributed by atoms with E-state index in [1.54, 1.807) is 0 Å². The lowest BCUT2D eigenvalue weighted by atomic mass is 10.0. The third-order valence-electron chi connectivity index (χ3n) is 6.60. The highest BCUT2D eigenvalue weighted by atomic mass is 35.5. The third-order valence-corrected chi connectivity index (χ3v) is 6.77. The number of fused-ring (bicyclic) bond motifs is 4. The van der Waals surface area contributed by atoms with Gasteiger partial charge in [0, 0.05) is 27.6 Å². The van der Waals surface area contributed by atoms with Crippen LogP contribution in [0.1, 0.15) is 0 Å². The van der Waals surface area contributed by atoms with E-state index in [9.17, 15) is 0 Å². The van der Waals surface area contributed by atoms with E-state index in [0.717, 1.165) is 27.6 Å². The molecule has 7 rings (SSSR count). The summed E-state index contributed by atoms with van der Waals surface area (Å²) in [5.74, 6) is 1.11. The Balaban J connectivity index is 1.34. The van der Waals surface area contributed by atoms with Crippen molar-refractivity contribution in [2.24, 2.45) is 0 Å². The number of rotatable bonds is 3. The Labute approximate surface area is 212 Å². The topological polar surface area (TPSA) is 43.6 Å². The van der Waals surface area contributed by atoms with Crippen LogP contribution in [-0.2, 0) is 0 Å². The first-order valence-electron chi connectivity index (χ1n) is 11.7. The average Bonchev–Trinajstić information content (AvgIpc) is 3.27. The van der Waals surface area contributed by atoms with Crippen LogP contribution in [0, 0.1) is 0 Å². The molecule has 2 heterocycles. The minimum absolute atomic E-state index is 0.175. The molecule has 0 saturated carbocycles. The molecule has 4 nitrogen and oxygen atoms in total. The van der Waals surface area contributed by atoms with Crippen LogP contribution in [0.2, 0.25) is 5.28 Å².